The number of aliphatic hydroxyl groups is 1. The largest absolute Gasteiger partial charge is 0.426 e. The van der Waals surface area contributed by atoms with E-state index in [1.807, 2.05) is 0 Å². The third-order valence-corrected chi connectivity index (χ3v) is 4.84. The lowest BCUT2D eigenvalue weighted by Crippen LogP contribution is -2.42. The molecule has 4 bridgehead atoms. The Morgan fingerprint density at radius 1 is 1.00 bits per heavy atom. The molecular formula is C17H18F6N4O2. The highest BCUT2D eigenvalue weighted by Gasteiger charge is 2.58. The van der Waals surface area contributed by atoms with Gasteiger partial charge in [0.1, 0.15) is 0 Å². The fraction of sp³-hybridized carbons (Fsp3) is 0.588. The van der Waals surface area contributed by atoms with Gasteiger partial charge in [-0.3, -0.25) is 0 Å². The van der Waals surface area contributed by atoms with E-state index in [0.717, 1.165) is 0 Å². The number of rotatable bonds is 0. The fourth-order valence-corrected chi connectivity index (χ4v) is 3.23. The maximum absolute atomic E-state index is 13.5. The van der Waals surface area contributed by atoms with Crippen molar-refractivity contribution in [1.82, 2.24) is 15.2 Å². The van der Waals surface area contributed by atoms with E-state index in [1.165, 1.54) is 0 Å². The topological polar surface area (TPSA) is 98.1 Å². The van der Waals surface area contributed by atoms with Crippen LogP contribution in [-0.2, 0) is 18.2 Å². The van der Waals surface area contributed by atoms with E-state index in [9.17, 15) is 31.4 Å². The summed E-state index contributed by atoms with van der Waals surface area (Å²) >= 11 is 0. The van der Waals surface area contributed by atoms with Gasteiger partial charge in [-0.15, -0.1) is 10.2 Å². The molecule has 1 atom stereocenters. The number of aryl methyl sites for hydroxylation is 1. The average molecular weight is 424 g/mol. The second-order valence-electron chi connectivity index (χ2n) is 6.96. The number of halogens is 6. The zero-order valence-corrected chi connectivity index (χ0v) is 15.1. The molecule has 0 unspecified atom stereocenters. The van der Waals surface area contributed by atoms with Crippen molar-refractivity contribution in [1.29, 1.82) is 0 Å². The second-order valence-corrected chi connectivity index (χ2v) is 6.96. The van der Waals surface area contributed by atoms with E-state index in [-0.39, 0.29) is 24.2 Å². The summed E-state index contributed by atoms with van der Waals surface area (Å²) in [5.41, 5.74) is 0.133. The van der Waals surface area contributed by atoms with Crippen LogP contribution in [0.5, 0.6) is 0 Å². The lowest BCUT2D eigenvalue weighted by molar-refractivity contribution is -0.277. The first kappa shape index (κ1) is 21.3. The lowest BCUT2D eigenvalue weighted by Gasteiger charge is -2.26. The molecule has 0 saturated carbocycles. The number of nitrogen functional groups attached to an aromatic ring is 1. The minimum Gasteiger partial charge on any atom is -0.416 e. The van der Waals surface area contributed by atoms with Crippen molar-refractivity contribution in [2.24, 2.45) is 0 Å². The van der Waals surface area contributed by atoms with Gasteiger partial charge in [-0.05, 0) is 31.7 Å². The summed E-state index contributed by atoms with van der Waals surface area (Å²) in [5, 5.41) is 17.0. The Morgan fingerprint density at radius 2 is 1.66 bits per heavy atom. The maximum atomic E-state index is 13.5. The SMILES string of the molecule is Nc1cc(C(F)(F)F)c2nc1-c1nnc(o1)[C@@](O)(C(F)(F)F)CCCCCCC2. The first-order valence-corrected chi connectivity index (χ1v) is 8.93. The van der Waals surface area contributed by atoms with E-state index in [4.69, 9.17) is 10.2 Å². The Kier molecular flexibility index (Phi) is 5.50. The van der Waals surface area contributed by atoms with Crippen LogP contribution in [0, 0.1) is 0 Å². The highest BCUT2D eigenvalue weighted by Crippen LogP contribution is 2.43. The fourth-order valence-electron chi connectivity index (χ4n) is 3.23. The van der Waals surface area contributed by atoms with E-state index < -0.39 is 47.4 Å². The highest BCUT2D eigenvalue weighted by atomic mass is 19.4. The Morgan fingerprint density at radius 3 is 2.31 bits per heavy atom. The molecule has 1 aliphatic heterocycles. The van der Waals surface area contributed by atoms with Gasteiger partial charge in [-0.2, -0.15) is 26.3 Å². The van der Waals surface area contributed by atoms with Gasteiger partial charge in [0.15, 0.2) is 5.69 Å². The first-order valence-electron chi connectivity index (χ1n) is 8.93. The molecule has 6 nitrogen and oxygen atoms in total. The predicted octanol–water partition coefficient (Wildman–Crippen LogP) is 4.38. The lowest BCUT2D eigenvalue weighted by atomic mass is 9.94. The number of fused-ring (bicyclic) bond motifs is 5. The summed E-state index contributed by atoms with van der Waals surface area (Å²) in [6.45, 7) is 0. The molecular weight excluding hydrogens is 406 g/mol. The van der Waals surface area contributed by atoms with Gasteiger partial charge in [0.25, 0.3) is 11.8 Å². The van der Waals surface area contributed by atoms with Gasteiger partial charge in [-0.25, -0.2) is 4.98 Å². The standard InChI is InChI=1S/C17H18F6N4O2/c18-16(19,20)9-8-10(24)12-13-26-27-14(29-13)15(28,17(21,22)23)7-5-3-1-2-4-6-11(9)25-12/h8,28H,1-7,24H2/t15-/m1/s1. The highest BCUT2D eigenvalue weighted by molar-refractivity contribution is 5.67. The van der Waals surface area contributed by atoms with Crippen LogP contribution in [-0.4, -0.2) is 26.5 Å². The van der Waals surface area contributed by atoms with Crippen molar-refractivity contribution in [2.75, 3.05) is 5.73 Å². The van der Waals surface area contributed by atoms with E-state index in [1.54, 1.807) is 0 Å². The number of nitrogens with zero attached hydrogens (tertiary/aromatic N) is 3. The van der Waals surface area contributed by atoms with Gasteiger partial charge in [-0.1, -0.05) is 19.3 Å². The number of aromatic nitrogens is 3. The maximum Gasteiger partial charge on any atom is 0.426 e. The van der Waals surface area contributed by atoms with Crippen molar-refractivity contribution in [3.63, 3.8) is 0 Å². The monoisotopic (exact) mass is 424 g/mol. The smallest absolute Gasteiger partial charge is 0.416 e. The predicted molar refractivity (Wildman–Crippen MR) is 88.3 cm³/mol. The number of hydrogen-bond donors (Lipinski definition) is 2. The molecule has 3 heterocycles. The van der Waals surface area contributed by atoms with Gasteiger partial charge >= 0.3 is 12.4 Å². The van der Waals surface area contributed by atoms with Gasteiger partial charge in [0.05, 0.1) is 16.9 Å². The van der Waals surface area contributed by atoms with E-state index in [2.05, 4.69) is 15.2 Å². The van der Waals surface area contributed by atoms with Crippen LogP contribution in [0.4, 0.5) is 32.0 Å². The van der Waals surface area contributed by atoms with Gasteiger partial charge < -0.3 is 15.3 Å². The van der Waals surface area contributed by atoms with Crippen molar-refractivity contribution in [3.8, 4) is 11.6 Å². The molecule has 1 aliphatic rings. The van der Waals surface area contributed by atoms with Crippen molar-refractivity contribution in [2.45, 2.75) is 62.9 Å². The molecule has 0 spiro atoms. The quantitative estimate of drug-likeness (QED) is 0.609. The molecule has 0 fully saturated rings. The summed E-state index contributed by atoms with van der Waals surface area (Å²) in [4.78, 5) is 3.88. The molecule has 3 N–H and O–H groups in total. The average Bonchev–Trinajstić information content (AvgIpc) is 3.09. The molecule has 0 aromatic carbocycles. The summed E-state index contributed by atoms with van der Waals surface area (Å²) in [5.74, 6) is -1.69. The van der Waals surface area contributed by atoms with E-state index >= 15 is 0 Å². The summed E-state index contributed by atoms with van der Waals surface area (Å²) in [6, 6.07) is 0.656. The third kappa shape index (κ3) is 4.16. The number of nitrogens with two attached hydrogens (primary N) is 1. The molecule has 2 aromatic rings. The number of alkyl halides is 6. The Balaban J connectivity index is 2.14. The number of pyridine rings is 1. The number of anilines is 1. The molecule has 3 rings (SSSR count). The van der Waals surface area contributed by atoms with Crippen molar-refractivity contribution < 1.29 is 35.9 Å². The zero-order chi connectivity index (χ0) is 21.4. The third-order valence-electron chi connectivity index (χ3n) is 4.84. The summed E-state index contributed by atoms with van der Waals surface area (Å²) < 4.78 is 85.5. The molecule has 0 aliphatic carbocycles. The van der Waals surface area contributed by atoms with Crippen LogP contribution >= 0.6 is 0 Å². The molecule has 2 aromatic heterocycles. The number of hydrogen-bond acceptors (Lipinski definition) is 6. The Labute approximate surface area is 161 Å². The van der Waals surface area contributed by atoms with Gasteiger partial charge in [0, 0.05) is 0 Å². The molecule has 160 valence electrons. The van der Waals surface area contributed by atoms with Crippen LogP contribution in [0.15, 0.2) is 10.5 Å². The molecule has 0 radical (unpaired) electrons. The van der Waals surface area contributed by atoms with Gasteiger partial charge in [0.2, 0.25) is 5.60 Å². The van der Waals surface area contributed by atoms with Crippen molar-refractivity contribution >= 4 is 5.69 Å². The van der Waals surface area contributed by atoms with Crippen LogP contribution < -0.4 is 5.73 Å². The second kappa shape index (κ2) is 7.47. The first-order chi connectivity index (χ1) is 13.4. The van der Waals surface area contributed by atoms with Crippen LogP contribution in [0.3, 0.4) is 0 Å². The van der Waals surface area contributed by atoms with Crippen molar-refractivity contribution in [3.05, 3.63) is 23.2 Å². The molecule has 0 saturated heterocycles. The van der Waals surface area contributed by atoms with Crippen LogP contribution in [0.2, 0.25) is 0 Å². The Hall–Kier alpha value is -2.37. The minimum atomic E-state index is -5.09. The normalized spacial score (nSPS) is 21.6. The van der Waals surface area contributed by atoms with Crippen LogP contribution in [0.25, 0.3) is 11.6 Å². The molecule has 0 amide bonds. The Bertz CT molecular complexity index is 880. The minimum absolute atomic E-state index is 0.00953. The molecule has 29 heavy (non-hydrogen) atoms. The molecule has 12 heteroatoms. The van der Waals surface area contributed by atoms with Crippen LogP contribution in [0.1, 0.15) is 55.7 Å². The summed E-state index contributed by atoms with van der Waals surface area (Å²) in [7, 11) is 0. The summed E-state index contributed by atoms with van der Waals surface area (Å²) in [6.07, 6.45) is -8.73. The zero-order valence-electron chi connectivity index (χ0n) is 15.1. The van der Waals surface area contributed by atoms with E-state index in [0.29, 0.717) is 31.7 Å².